The Hall–Kier alpha value is -1.92. The normalized spacial score (nSPS) is 22.7. The molecule has 1 atom stereocenters. The third-order valence-corrected chi connectivity index (χ3v) is 5.35. The molecule has 1 aromatic heterocycles. The van der Waals surface area contributed by atoms with Gasteiger partial charge in [0.05, 0.1) is 4.92 Å². The van der Waals surface area contributed by atoms with Crippen LogP contribution in [-0.2, 0) is 0 Å². The standard InChI is InChI=1S/C17H27N5O2/c1-12-7-10-20(11-8-12)17-18-14(3)15(22(23)24)16(19-17)21-9-5-4-6-13(21)2/h12-13H,4-11H2,1-3H3/t13-/m0/s1. The molecule has 0 aromatic carbocycles. The number of piperidine rings is 2. The molecule has 0 saturated carbocycles. The zero-order valence-electron chi connectivity index (χ0n) is 14.9. The van der Waals surface area contributed by atoms with E-state index >= 15 is 0 Å². The summed E-state index contributed by atoms with van der Waals surface area (Å²) in [5, 5.41) is 11.6. The number of rotatable bonds is 3. The third kappa shape index (κ3) is 3.30. The van der Waals surface area contributed by atoms with E-state index in [0.717, 1.165) is 51.2 Å². The highest BCUT2D eigenvalue weighted by Gasteiger charge is 2.31. The van der Waals surface area contributed by atoms with Gasteiger partial charge >= 0.3 is 5.69 Å². The first-order valence-electron chi connectivity index (χ1n) is 9.02. The Morgan fingerprint density at radius 3 is 2.42 bits per heavy atom. The molecule has 0 aliphatic carbocycles. The molecule has 3 heterocycles. The smallest absolute Gasteiger partial charge is 0.332 e. The molecule has 7 nitrogen and oxygen atoms in total. The fraction of sp³-hybridized carbons (Fsp3) is 0.765. The van der Waals surface area contributed by atoms with Crippen molar-refractivity contribution in [1.29, 1.82) is 0 Å². The molecule has 7 heteroatoms. The van der Waals surface area contributed by atoms with Gasteiger partial charge < -0.3 is 9.80 Å². The molecule has 2 saturated heterocycles. The summed E-state index contributed by atoms with van der Waals surface area (Å²) in [7, 11) is 0. The number of aromatic nitrogens is 2. The van der Waals surface area contributed by atoms with Crippen molar-refractivity contribution in [2.75, 3.05) is 29.4 Å². The van der Waals surface area contributed by atoms with Gasteiger partial charge in [0.25, 0.3) is 0 Å². The Kier molecular flexibility index (Phi) is 4.87. The average molecular weight is 333 g/mol. The van der Waals surface area contributed by atoms with Crippen LogP contribution in [0.3, 0.4) is 0 Å². The van der Waals surface area contributed by atoms with Crippen LogP contribution in [0.2, 0.25) is 0 Å². The number of hydrogen-bond acceptors (Lipinski definition) is 6. The second-order valence-electron chi connectivity index (χ2n) is 7.25. The van der Waals surface area contributed by atoms with Gasteiger partial charge in [-0.25, -0.2) is 4.98 Å². The molecule has 0 radical (unpaired) electrons. The van der Waals surface area contributed by atoms with Gasteiger partial charge in [0, 0.05) is 25.7 Å². The van der Waals surface area contributed by atoms with Crippen molar-refractivity contribution >= 4 is 17.5 Å². The lowest BCUT2D eigenvalue weighted by Gasteiger charge is -2.35. The first-order valence-corrected chi connectivity index (χ1v) is 9.02. The van der Waals surface area contributed by atoms with Gasteiger partial charge in [-0.3, -0.25) is 10.1 Å². The van der Waals surface area contributed by atoms with Crippen molar-refractivity contribution in [2.24, 2.45) is 5.92 Å². The van der Waals surface area contributed by atoms with Crippen LogP contribution >= 0.6 is 0 Å². The average Bonchev–Trinajstić information content (AvgIpc) is 2.55. The molecular weight excluding hydrogens is 306 g/mol. The minimum atomic E-state index is -0.325. The number of nitrogens with zero attached hydrogens (tertiary/aromatic N) is 5. The summed E-state index contributed by atoms with van der Waals surface area (Å²) in [6, 6.07) is 0.279. The van der Waals surface area contributed by atoms with Crippen LogP contribution in [0.5, 0.6) is 0 Å². The van der Waals surface area contributed by atoms with Crippen molar-refractivity contribution in [3.05, 3.63) is 15.8 Å². The lowest BCUT2D eigenvalue weighted by atomic mass is 10.00. The van der Waals surface area contributed by atoms with Crippen LogP contribution in [0.4, 0.5) is 17.5 Å². The summed E-state index contributed by atoms with van der Waals surface area (Å²) >= 11 is 0. The Morgan fingerprint density at radius 2 is 1.79 bits per heavy atom. The van der Waals surface area contributed by atoms with Crippen LogP contribution in [0.1, 0.15) is 51.6 Å². The van der Waals surface area contributed by atoms with E-state index in [1.54, 1.807) is 6.92 Å². The van der Waals surface area contributed by atoms with Crippen LogP contribution in [0, 0.1) is 23.0 Å². The zero-order chi connectivity index (χ0) is 17.3. The molecule has 2 aliphatic rings. The topological polar surface area (TPSA) is 75.4 Å². The van der Waals surface area contributed by atoms with Crippen LogP contribution < -0.4 is 9.80 Å². The van der Waals surface area contributed by atoms with Crippen molar-refractivity contribution < 1.29 is 4.92 Å². The van der Waals surface area contributed by atoms with E-state index in [9.17, 15) is 10.1 Å². The first-order chi connectivity index (χ1) is 11.5. The zero-order valence-corrected chi connectivity index (χ0v) is 14.9. The van der Waals surface area contributed by atoms with Gasteiger partial charge in [0.15, 0.2) is 0 Å². The summed E-state index contributed by atoms with van der Waals surface area (Å²) in [5.41, 5.74) is 0.536. The molecule has 2 aliphatic heterocycles. The van der Waals surface area contributed by atoms with Crippen LogP contribution in [0.25, 0.3) is 0 Å². The molecule has 132 valence electrons. The van der Waals surface area contributed by atoms with E-state index < -0.39 is 0 Å². The predicted octanol–water partition coefficient (Wildman–Crippen LogP) is 3.31. The summed E-state index contributed by atoms with van der Waals surface area (Å²) in [6.45, 7) is 8.80. The maximum atomic E-state index is 11.6. The Morgan fingerprint density at radius 1 is 1.08 bits per heavy atom. The summed E-state index contributed by atoms with van der Waals surface area (Å²) in [5.74, 6) is 1.88. The maximum absolute atomic E-state index is 11.6. The Balaban J connectivity index is 1.99. The van der Waals surface area contributed by atoms with Gasteiger partial charge in [-0.15, -0.1) is 0 Å². The van der Waals surface area contributed by atoms with Gasteiger partial charge in [0.2, 0.25) is 11.8 Å². The molecular formula is C17H27N5O2. The second kappa shape index (κ2) is 6.91. The second-order valence-corrected chi connectivity index (χ2v) is 7.25. The van der Waals surface area contributed by atoms with Gasteiger partial charge in [-0.05, 0) is 51.9 Å². The van der Waals surface area contributed by atoms with E-state index in [1.165, 1.54) is 6.42 Å². The van der Waals surface area contributed by atoms with E-state index in [0.29, 0.717) is 17.5 Å². The van der Waals surface area contributed by atoms with Crippen molar-refractivity contribution in [3.63, 3.8) is 0 Å². The van der Waals surface area contributed by atoms with Crippen molar-refractivity contribution in [1.82, 2.24) is 9.97 Å². The van der Waals surface area contributed by atoms with Crippen LogP contribution in [0.15, 0.2) is 0 Å². The SMILES string of the molecule is Cc1nc(N2CCC(C)CC2)nc(N2CCCC[C@@H]2C)c1[N+](=O)[O-]. The van der Waals surface area contributed by atoms with E-state index in [1.807, 2.05) is 0 Å². The lowest BCUT2D eigenvalue weighted by molar-refractivity contribution is -0.385. The van der Waals surface area contributed by atoms with Crippen molar-refractivity contribution in [2.45, 2.75) is 58.9 Å². The monoisotopic (exact) mass is 333 g/mol. The quantitative estimate of drug-likeness (QED) is 0.624. The highest BCUT2D eigenvalue weighted by Crippen LogP contribution is 2.35. The molecule has 0 N–H and O–H groups in total. The predicted molar refractivity (Wildman–Crippen MR) is 94.7 cm³/mol. The molecule has 3 rings (SSSR count). The number of hydrogen-bond donors (Lipinski definition) is 0. The molecule has 0 unspecified atom stereocenters. The molecule has 0 spiro atoms. The fourth-order valence-corrected chi connectivity index (χ4v) is 3.71. The van der Waals surface area contributed by atoms with Gasteiger partial charge in [-0.2, -0.15) is 4.98 Å². The van der Waals surface area contributed by atoms with E-state index in [2.05, 4.69) is 33.6 Å². The molecule has 0 bridgehead atoms. The first kappa shape index (κ1) is 16.9. The van der Waals surface area contributed by atoms with E-state index in [4.69, 9.17) is 0 Å². The summed E-state index contributed by atoms with van der Waals surface area (Å²) in [6.07, 6.45) is 5.52. The fourth-order valence-electron chi connectivity index (χ4n) is 3.71. The largest absolute Gasteiger partial charge is 0.348 e. The van der Waals surface area contributed by atoms with Gasteiger partial charge in [-0.1, -0.05) is 6.92 Å². The van der Waals surface area contributed by atoms with Crippen LogP contribution in [-0.4, -0.2) is 40.6 Å². The Bertz CT molecular complexity index is 613. The maximum Gasteiger partial charge on any atom is 0.332 e. The number of anilines is 2. The molecule has 24 heavy (non-hydrogen) atoms. The highest BCUT2D eigenvalue weighted by molar-refractivity contribution is 5.63. The molecule has 2 fully saturated rings. The molecule has 0 amide bonds. The summed E-state index contributed by atoms with van der Waals surface area (Å²) in [4.78, 5) is 24.7. The van der Waals surface area contributed by atoms with E-state index in [-0.39, 0.29) is 16.7 Å². The molecule has 1 aromatic rings. The van der Waals surface area contributed by atoms with Crippen molar-refractivity contribution in [3.8, 4) is 0 Å². The summed E-state index contributed by atoms with van der Waals surface area (Å²) < 4.78 is 0. The number of nitro groups is 1. The minimum absolute atomic E-state index is 0.0675. The lowest BCUT2D eigenvalue weighted by Crippen LogP contribution is -2.39. The third-order valence-electron chi connectivity index (χ3n) is 5.35. The highest BCUT2D eigenvalue weighted by atomic mass is 16.6. The Labute approximate surface area is 143 Å². The number of aryl methyl sites for hydroxylation is 1. The minimum Gasteiger partial charge on any atom is -0.348 e. The van der Waals surface area contributed by atoms with Gasteiger partial charge in [0.1, 0.15) is 5.69 Å².